The number of aliphatic hydroxyl groups excluding tert-OH is 1. The van der Waals surface area contributed by atoms with Gasteiger partial charge in [0.05, 0.1) is 19.3 Å². The lowest BCUT2D eigenvalue weighted by Gasteiger charge is -2.26. The number of carbonyl (C=O) groups is 2. The van der Waals surface area contributed by atoms with E-state index in [1.807, 2.05) is 49.1 Å². The van der Waals surface area contributed by atoms with Crippen LogP contribution in [0.4, 0.5) is 17.1 Å². The quantitative estimate of drug-likeness (QED) is 0.390. The Labute approximate surface area is 200 Å². The predicted molar refractivity (Wildman–Crippen MR) is 136 cm³/mol. The summed E-state index contributed by atoms with van der Waals surface area (Å²) in [4.78, 5) is 27.1. The van der Waals surface area contributed by atoms with Gasteiger partial charge in [-0.1, -0.05) is 25.1 Å². The molecule has 7 heteroatoms. The van der Waals surface area contributed by atoms with E-state index in [-0.39, 0.29) is 18.4 Å². The smallest absolute Gasteiger partial charge is 0.255 e. The number of benzene rings is 3. The van der Waals surface area contributed by atoms with Gasteiger partial charge in [-0.25, -0.2) is 0 Å². The highest BCUT2D eigenvalue weighted by atomic mass is 16.5. The highest BCUT2D eigenvalue weighted by molar-refractivity contribution is 6.04. The third kappa shape index (κ3) is 7.35. The van der Waals surface area contributed by atoms with Crippen molar-refractivity contribution in [3.8, 4) is 5.75 Å². The summed E-state index contributed by atoms with van der Waals surface area (Å²) in [6, 6.07) is 23.4. The zero-order valence-electron chi connectivity index (χ0n) is 19.5. The summed E-state index contributed by atoms with van der Waals surface area (Å²) in [5.41, 5.74) is 2.60. The van der Waals surface area contributed by atoms with Gasteiger partial charge in [-0.3, -0.25) is 9.59 Å². The van der Waals surface area contributed by atoms with Crippen molar-refractivity contribution in [2.24, 2.45) is 0 Å². The normalized spacial score (nSPS) is 11.4. The Balaban J connectivity index is 1.58. The van der Waals surface area contributed by atoms with Crippen molar-refractivity contribution >= 4 is 28.9 Å². The zero-order valence-corrected chi connectivity index (χ0v) is 19.5. The summed E-state index contributed by atoms with van der Waals surface area (Å²) in [5.74, 6) is 0.292. The van der Waals surface area contributed by atoms with E-state index in [2.05, 4.69) is 10.6 Å². The number of nitrogens with one attached hydrogen (secondary N) is 2. The number of carbonyl (C=O) groups excluding carboxylic acids is 2. The fourth-order valence-electron chi connectivity index (χ4n) is 3.37. The lowest BCUT2D eigenvalue weighted by Crippen LogP contribution is -2.38. The second-order valence-electron chi connectivity index (χ2n) is 7.82. The van der Waals surface area contributed by atoms with Crippen LogP contribution in [0, 0.1) is 0 Å². The molecule has 7 nitrogen and oxygen atoms in total. The molecule has 1 unspecified atom stereocenters. The van der Waals surface area contributed by atoms with Gasteiger partial charge in [-0.2, -0.15) is 0 Å². The number of para-hydroxylation sites is 1. The molecule has 0 fully saturated rings. The number of rotatable bonds is 11. The van der Waals surface area contributed by atoms with Crippen LogP contribution in [0.3, 0.4) is 0 Å². The van der Waals surface area contributed by atoms with Crippen molar-refractivity contribution in [2.75, 3.05) is 35.2 Å². The number of nitrogens with zero attached hydrogens (tertiary/aromatic N) is 1. The number of aliphatic hydroxyl groups is 1. The van der Waals surface area contributed by atoms with Gasteiger partial charge in [0.25, 0.3) is 5.91 Å². The first-order chi connectivity index (χ1) is 16.5. The summed E-state index contributed by atoms with van der Waals surface area (Å²) in [5, 5.41) is 15.8. The van der Waals surface area contributed by atoms with Gasteiger partial charge in [-0.05, 0) is 74.0 Å². The van der Waals surface area contributed by atoms with Crippen LogP contribution in [-0.2, 0) is 4.79 Å². The van der Waals surface area contributed by atoms with Gasteiger partial charge in [-0.15, -0.1) is 0 Å². The van der Waals surface area contributed by atoms with Gasteiger partial charge in [0.1, 0.15) is 5.75 Å². The van der Waals surface area contributed by atoms with Gasteiger partial charge >= 0.3 is 0 Å². The van der Waals surface area contributed by atoms with Gasteiger partial charge in [0.15, 0.2) is 0 Å². The van der Waals surface area contributed by atoms with Crippen LogP contribution in [0.2, 0.25) is 0 Å². The first-order valence-electron chi connectivity index (χ1n) is 11.4. The third-order valence-electron chi connectivity index (χ3n) is 5.21. The molecular formula is C27H31N3O4. The van der Waals surface area contributed by atoms with Crippen molar-refractivity contribution in [1.82, 2.24) is 0 Å². The largest absolute Gasteiger partial charge is 0.494 e. The van der Waals surface area contributed by atoms with Crippen molar-refractivity contribution in [1.29, 1.82) is 0 Å². The highest BCUT2D eigenvalue weighted by Gasteiger charge is 2.15. The molecule has 0 aliphatic heterocycles. The molecule has 178 valence electrons. The molecule has 0 aliphatic rings. The minimum atomic E-state index is -0.527. The van der Waals surface area contributed by atoms with Gasteiger partial charge in [0, 0.05) is 29.2 Å². The van der Waals surface area contributed by atoms with E-state index in [1.165, 1.54) is 0 Å². The van der Waals surface area contributed by atoms with E-state index in [0.717, 1.165) is 11.4 Å². The molecule has 0 aliphatic carbocycles. The van der Waals surface area contributed by atoms with E-state index in [9.17, 15) is 14.7 Å². The second-order valence-corrected chi connectivity index (χ2v) is 7.82. The average Bonchev–Trinajstić information content (AvgIpc) is 2.86. The Morgan fingerprint density at radius 2 is 1.50 bits per heavy atom. The molecule has 0 saturated carbocycles. The van der Waals surface area contributed by atoms with Crippen LogP contribution in [0.15, 0.2) is 78.9 Å². The van der Waals surface area contributed by atoms with Crippen molar-refractivity contribution < 1.29 is 19.4 Å². The van der Waals surface area contributed by atoms with Gasteiger partial charge in [0.2, 0.25) is 5.91 Å². The molecule has 0 aromatic heterocycles. The van der Waals surface area contributed by atoms with Crippen LogP contribution >= 0.6 is 0 Å². The molecule has 0 spiro atoms. The Bertz CT molecular complexity index is 1050. The number of amides is 2. The first kappa shape index (κ1) is 24.8. The van der Waals surface area contributed by atoms with Crippen LogP contribution < -0.4 is 20.3 Å². The first-order valence-corrected chi connectivity index (χ1v) is 11.4. The summed E-state index contributed by atoms with van der Waals surface area (Å²) in [7, 11) is 0. The summed E-state index contributed by atoms with van der Waals surface area (Å²) in [6.45, 7) is 4.86. The Hall–Kier alpha value is -3.84. The van der Waals surface area contributed by atoms with E-state index in [1.54, 1.807) is 48.5 Å². The number of anilines is 3. The molecule has 0 radical (unpaired) electrons. The second kappa shape index (κ2) is 12.4. The maximum Gasteiger partial charge on any atom is 0.255 e. The van der Waals surface area contributed by atoms with E-state index < -0.39 is 6.10 Å². The van der Waals surface area contributed by atoms with Gasteiger partial charge < -0.3 is 25.4 Å². The Morgan fingerprint density at radius 3 is 2.12 bits per heavy atom. The van der Waals surface area contributed by atoms with E-state index in [0.29, 0.717) is 36.5 Å². The average molecular weight is 462 g/mol. The van der Waals surface area contributed by atoms with Crippen molar-refractivity contribution in [3.05, 3.63) is 84.4 Å². The third-order valence-corrected chi connectivity index (χ3v) is 5.21. The Morgan fingerprint density at radius 1 is 0.882 bits per heavy atom. The molecule has 3 aromatic carbocycles. The molecule has 0 bridgehead atoms. The standard InChI is InChI=1S/C27H31N3O4/c1-3-24(31)18-30(23-8-6-5-7-9-23)19-26(32)28-21-12-10-20(11-13-21)27(33)29-22-14-16-25(17-15-22)34-4-2/h5-17,24,31H,3-4,18-19H2,1-2H3,(H,28,32)(H,29,33). The number of hydrogen-bond donors (Lipinski definition) is 3. The van der Waals surface area contributed by atoms with Crippen LogP contribution in [-0.4, -0.2) is 42.7 Å². The van der Waals surface area contributed by atoms with Crippen LogP contribution in [0.1, 0.15) is 30.6 Å². The molecule has 3 aromatic rings. The number of ether oxygens (including phenoxy) is 1. The summed E-state index contributed by atoms with van der Waals surface area (Å²) < 4.78 is 5.41. The van der Waals surface area contributed by atoms with Crippen LogP contribution in [0.5, 0.6) is 5.75 Å². The summed E-state index contributed by atoms with van der Waals surface area (Å²) in [6.07, 6.45) is 0.0756. The molecule has 3 N–H and O–H groups in total. The predicted octanol–water partition coefficient (Wildman–Crippen LogP) is 4.55. The van der Waals surface area contributed by atoms with Crippen molar-refractivity contribution in [2.45, 2.75) is 26.4 Å². The minimum Gasteiger partial charge on any atom is -0.494 e. The topological polar surface area (TPSA) is 90.9 Å². The summed E-state index contributed by atoms with van der Waals surface area (Å²) >= 11 is 0. The SMILES string of the molecule is CCOc1ccc(NC(=O)c2ccc(NC(=O)CN(CC(O)CC)c3ccccc3)cc2)cc1. The number of hydrogen-bond acceptors (Lipinski definition) is 5. The zero-order chi connectivity index (χ0) is 24.3. The Kier molecular flexibility index (Phi) is 9.05. The lowest BCUT2D eigenvalue weighted by molar-refractivity contribution is -0.115. The highest BCUT2D eigenvalue weighted by Crippen LogP contribution is 2.18. The van der Waals surface area contributed by atoms with Crippen molar-refractivity contribution in [3.63, 3.8) is 0 Å². The minimum absolute atomic E-state index is 0.0983. The van der Waals surface area contributed by atoms with E-state index >= 15 is 0 Å². The molecule has 3 rings (SSSR count). The maximum atomic E-state index is 12.7. The lowest BCUT2D eigenvalue weighted by atomic mass is 10.2. The van der Waals surface area contributed by atoms with E-state index in [4.69, 9.17) is 4.74 Å². The maximum absolute atomic E-state index is 12.7. The molecule has 0 saturated heterocycles. The molecular weight excluding hydrogens is 430 g/mol. The molecule has 0 heterocycles. The fourth-order valence-corrected chi connectivity index (χ4v) is 3.37. The fraction of sp³-hybridized carbons (Fsp3) is 0.259. The molecule has 34 heavy (non-hydrogen) atoms. The monoisotopic (exact) mass is 461 g/mol. The molecule has 2 amide bonds. The van der Waals surface area contributed by atoms with Crippen LogP contribution in [0.25, 0.3) is 0 Å². The molecule has 1 atom stereocenters.